The van der Waals surface area contributed by atoms with E-state index in [1.807, 2.05) is 18.5 Å². The van der Waals surface area contributed by atoms with Gasteiger partial charge in [-0.25, -0.2) is 0 Å². The van der Waals surface area contributed by atoms with Crippen LogP contribution in [0.1, 0.15) is 24.9 Å². The number of hydrogen-bond acceptors (Lipinski definition) is 3. The molecule has 1 aliphatic rings. The molecule has 0 spiro atoms. The summed E-state index contributed by atoms with van der Waals surface area (Å²) in [4.78, 5) is 4.12. The van der Waals surface area contributed by atoms with Gasteiger partial charge in [0.15, 0.2) is 0 Å². The Morgan fingerprint density at radius 1 is 1.64 bits per heavy atom. The number of rotatable bonds is 3. The molecule has 0 amide bonds. The Kier molecular flexibility index (Phi) is 3.11. The molecule has 2 heterocycles. The number of pyridine rings is 1. The van der Waals surface area contributed by atoms with Gasteiger partial charge in [0, 0.05) is 31.0 Å². The maximum absolute atomic E-state index is 4.12. The molecule has 3 nitrogen and oxygen atoms in total. The Morgan fingerprint density at radius 2 is 2.57 bits per heavy atom. The highest BCUT2D eigenvalue weighted by Gasteiger charge is 2.16. The molecule has 14 heavy (non-hydrogen) atoms. The first-order valence-electron chi connectivity index (χ1n) is 5.23. The summed E-state index contributed by atoms with van der Waals surface area (Å²) in [6.45, 7) is 4.41. The number of aromatic nitrogens is 1. The quantitative estimate of drug-likeness (QED) is 0.751. The van der Waals surface area contributed by atoms with Crippen LogP contribution in [0.25, 0.3) is 0 Å². The van der Waals surface area contributed by atoms with Gasteiger partial charge >= 0.3 is 0 Å². The van der Waals surface area contributed by atoms with E-state index < -0.39 is 0 Å². The van der Waals surface area contributed by atoms with Crippen LogP contribution in [0.15, 0.2) is 24.5 Å². The van der Waals surface area contributed by atoms with E-state index >= 15 is 0 Å². The van der Waals surface area contributed by atoms with Gasteiger partial charge < -0.3 is 10.6 Å². The summed E-state index contributed by atoms with van der Waals surface area (Å²) in [7, 11) is 0. The van der Waals surface area contributed by atoms with Crippen LogP contribution in [0, 0.1) is 0 Å². The third-order valence-electron chi connectivity index (χ3n) is 2.73. The molecule has 0 bridgehead atoms. The maximum Gasteiger partial charge on any atom is 0.0315 e. The SMILES string of the molecule is CC(NC1CCNC1)c1cccnc1. The van der Waals surface area contributed by atoms with E-state index in [0.717, 1.165) is 13.1 Å². The van der Waals surface area contributed by atoms with E-state index in [-0.39, 0.29) is 0 Å². The Labute approximate surface area is 84.9 Å². The van der Waals surface area contributed by atoms with Gasteiger partial charge in [0.2, 0.25) is 0 Å². The summed E-state index contributed by atoms with van der Waals surface area (Å²) in [5, 5.41) is 6.94. The van der Waals surface area contributed by atoms with Crippen LogP contribution in [0.3, 0.4) is 0 Å². The van der Waals surface area contributed by atoms with E-state index in [1.165, 1.54) is 12.0 Å². The van der Waals surface area contributed by atoms with Gasteiger partial charge in [-0.05, 0) is 31.5 Å². The van der Waals surface area contributed by atoms with Gasteiger partial charge in [-0.15, -0.1) is 0 Å². The molecule has 2 rings (SSSR count). The van der Waals surface area contributed by atoms with Gasteiger partial charge in [-0.3, -0.25) is 4.98 Å². The van der Waals surface area contributed by atoms with E-state index in [2.05, 4.69) is 28.6 Å². The van der Waals surface area contributed by atoms with Crippen LogP contribution in [-0.2, 0) is 0 Å². The largest absolute Gasteiger partial charge is 0.315 e. The third kappa shape index (κ3) is 2.30. The highest BCUT2D eigenvalue weighted by atomic mass is 15.0. The first kappa shape index (κ1) is 9.62. The lowest BCUT2D eigenvalue weighted by Crippen LogP contribution is -2.33. The molecular weight excluding hydrogens is 174 g/mol. The summed E-state index contributed by atoms with van der Waals surface area (Å²) >= 11 is 0. The Hall–Kier alpha value is -0.930. The lowest BCUT2D eigenvalue weighted by molar-refractivity contribution is 0.477. The van der Waals surface area contributed by atoms with Crippen molar-refractivity contribution >= 4 is 0 Å². The molecule has 0 radical (unpaired) electrons. The van der Waals surface area contributed by atoms with E-state index in [4.69, 9.17) is 0 Å². The molecule has 2 unspecified atom stereocenters. The zero-order chi connectivity index (χ0) is 9.80. The normalized spacial score (nSPS) is 23.6. The van der Waals surface area contributed by atoms with Crippen molar-refractivity contribution in [3.05, 3.63) is 30.1 Å². The lowest BCUT2D eigenvalue weighted by Gasteiger charge is -2.18. The number of hydrogen-bond donors (Lipinski definition) is 2. The summed E-state index contributed by atoms with van der Waals surface area (Å²) in [6, 6.07) is 5.12. The lowest BCUT2D eigenvalue weighted by atomic mass is 10.1. The summed E-state index contributed by atoms with van der Waals surface area (Å²) < 4.78 is 0. The average Bonchev–Trinajstić information content (AvgIpc) is 2.72. The first-order valence-corrected chi connectivity index (χ1v) is 5.23. The second-order valence-electron chi connectivity index (χ2n) is 3.86. The van der Waals surface area contributed by atoms with Crippen LogP contribution in [0.5, 0.6) is 0 Å². The third-order valence-corrected chi connectivity index (χ3v) is 2.73. The van der Waals surface area contributed by atoms with Crippen LogP contribution in [-0.4, -0.2) is 24.1 Å². The van der Waals surface area contributed by atoms with E-state index in [0.29, 0.717) is 12.1 Å². The molecule has 0 aromatic carbocycles. The Bertz CT molecular complexity index is 267. The van der Waals surface area contributed by atoms with Crippen molar-refractivity contribution < 1.29 is 0 Å². The van der Waals surface area contributed by atoms with Gasteiger partial charge in [0.25, 0.3) is 0 Å². The molecule has 2 atom stereocenters. The van der Waals surface area contributed by atoms with Crippen molar-refractivity contribution in [2.75, 3.05) is 13.1 Å². The van der Waals surface area contributed by atoms with Crippen LogP contribution in [0.2, 0.25) is 0 Å². The summed E-state index contributed by atoms with van der Waals surface area (Å²) in [5.41, 5.74) is 1.26. The predicted molar refractivity (Wildman–Crippen MR) is 57.1 cm³/mol. The Morgan fingerprint density at radius 3 is 3.21 bits per heavy atom. The zero-order valence-corrected chi connectivity index (χ0v) is 8.53. The van der Waals surface area contributed by atoms with E-state index in [1.54, 1.807) is 0 Å². The molecule has 1 aromatic rings. The minimum Gasteiger partial charge on any atom is -0.315 e. The van der Waals surface area contributed by atoms with E-state index in [9.17, 15) is 0 Å². The highest BCUT2D eigenvalue weighted by molar-refractivity contribution is 5.13. The van der Waals surface area contributed by atoms with Gasteiger partial charge in [0.05, 0.1) is 0 Å². The van der Waals surface area contributed by atoms with Crippen molar-refractivity contribution in [3.63, 3.8) is 0 Å². The average molecular weight is 191 g/mol. The topological polar surface area (TPSA) is 37.0 Å². The first-order chi connectivity index (χ1) is 6.86. The zero-order valence-electron chi connectivity index (χ0n) is 8.53. The molecule has 1 aromatic heterocycles. The molecule has 0 saturated carbocycles. The van der Waals surface area contributed by atoms with Crippen LogP contribution < -0.4 is 10.6 Å². The van der Waals surface area contributed by atoms with Crippen molar-refractivity contribution in [2.24, 2.45) is 0 Å². The highest BCUT2D eigenvalue weighted by Crippen LogP contribution is 2.12. The molecule has 76 valence electrons. The summed E-state index contributed by atoms with van der Waals surface area (Å²) in [6.07, 6.45) is 4.97. The standard InChI is InChI=1S/C11H17N3/c1-9(10-3-2-5-12-7-10)14-11-4-6-13-8-11/h2-3,5,7,9,11,13-14H,4,6,8H2,1H3. The fourth-order valence-electron chi connectivity index (χ4n) is 1.88. The molecular formula is C11H17N3. The van der Waals surface area contributed by atoms with Crippen molar-refractivity contribution in [2.45, 2.75) is 25.4 Å². The fourth-order valence-corrected chi connectivity index (χ4v) is 1.88. The molecule has 1 aliphatic heterocycles. The van der Waals surface area contributed by atoms with Crippen LogP contribution >= 0.6 is 0 Å². The molecule has 1 fully saturated rings. The van der Waals surface area contributed by atoms with Gasteiger partial charge in [-0.1, -0.05) is 6.07 Å². The number of nitrogens with one attached hydrogen (secondary N) is 2. The second kappa shape index (κ2) is 4.53. The molecule has 3 heteroatoms. The minimum atomic E-state index is 0.397. The van der Waals surface area contributed by atoms with Crippen molar-refractivity contribution in [1.29, 1.82) is 0 Å². The van der Waals surface area contributed by atoms with Crippen molar-refractivity contribution in [3.8, 4) is 0 Å². The number of nitrogens with zero attached hydrogens (tertiary/aromatic N) is 1. The van der Waals surface area contributed by atoms with Crippen LogP contribution in [0.4, 0.5) is 0 Å². The summed E-state index contributed by atoms with van der Waals surface area (Å²) in [5.74, 6) is 0. The maximum atomic E-state index is 4.12. The smallest absolute Gasteiger partial charge is 0.0315 e. The second-order valence-corrected chi connectivity index (χ2v) is 3.86. The Balaban J connectivity index is 1.92. The molecule has 1 saturated heterocycles. The minimum absolute atomic E-state index is 0.397. The molecule has 0 aliphatic carbocycles. The van der Waals surface area contributed by atoms with Crippen molar-refractivity contribution in [1.82, 2.24) is 15.6 Å². The van der Waals surface area contributed by atoms with Gasteiger partial charge in [-0.2, -0.15) is 0 Å². The predicted octanol–water partition coefficient (Wildman–Crippen LogP) is 1.09. The monoisotopic (exact) mass is 191 g/mol. The molecule has 2 N–H and O–H groups in total. The fraction of sp³-hybridized carbons (Fsp3) is 0.545. The van der Waals surface area contributed by atoms with Gasteiger partial charge in [0.1, 0.15) is 0 Å².